The number of carbonyl (C=O) groups excluding carboxylic acids is 1. The summed E-state index contributed by atoms with van der Waals surface area (Å²) in [5.41, 5.74) is 0.718. The number of hydrogen-bond donors (Lipinski definition) is 0. The van der Waals surface area contributed by atoms with Gasteiger partial charge in [0.1, 0.15) is 6.29 Å². The maximum atomic E-state index is 11.4. The lowest BCUT2D eigenvalue weighted by atomic mass is 9.47. The third-order valence-corrected chi connectivity index (χ3v) is 5.71. The summed E-state index contributed by atoms with van der Waals surface area (Å²) in [6, 6.07) is 0. The normalized spacial score (nSPS) is 47.1. The van der Waals surface area contributed by atoms with Gasteiger partial charge in [-0.15, -0.1) is 0 Å². The zero-order valence-electron chi connectivity index (χ0n) is 11.3. The van der Waals surface area contributed by atoms with Crippen LogP contribution in [0.1, 0.15) is 59.8 Å². The van der Waals surface area contributed by atoms with Crippen molar-refractivity contribution < 1.29 is 4.79 Å². The summed E-state index contributed by atoms with van der Waals surface area (Å²) in [6.45, 7) is 9.47. The summed E-state index contributed by atoms with van der Waals surface area (Å²) in [5, 5.41) is 0. The molecule has 0 amide bonds. The van der Waals surface area contributed by atoms with Crippen LogP contribution in [0.4, 0.5) is 0 Å². The first kappa shape index (κ1) is 12.1. The molecule has 16 heavy (non-hydrogen) atoms. The fourth-order valence-electron chi connectivity index (χ4n) is 4.83. The lowest BCUT2D eigenvalue weighted by Gasteiger charge is -2.57. The van der Waals surface area contributed by atoms with Crippen LogP contribution in [-0.2, 0) is 4.79 Å². The first-order chi connectivity index (χ1) is 7.42. The molecule has 2 fully saturated rings. The van der Waals surface area contributed by atoms with Crippen LogP contribution in [0, 0.1) is 28.6 Å². The Morgan fingerprint density at radius 1 is 1.12 bits per heavy atom. The number of aldehydes is 1. The standard InChI is InChI=1S/C15H26O/c1-11-6-7-13-14(2,3)8-5-9-15(13,4)12(11)10-16/h10-13H,5-9H2,1-4H3/t11-,12+,13?,15-/m1/s1. The van der Waals surface area contributed by atoms with Crippen LogP contribution in [0.3, 0.4) is 0 Å². The van der Waals surface area contributed by atoms with Gasteiger partial charge in [-0.25, -0.2) is 0 Å². The Kier molecular flexibility index (Phi) is 2.92. The van der Waals surface area contributed by atoms with Gasteiger partial charge in [0.05, 0.1) is 0 Å². The third-order valence-electron chi connectivity index (χ3n) is 5.71. The average molecular weight is 222 g/mol. The summed E-state index contributed by atoms with van der Waals surface area (Å²) in [7, 11) is 0. The molecule has 0 bridgehead atoms. The van der Waals surface area contributed by atoms with E-state index >= 15 is 0 Å². The van der Waals surface area contributed by atoms with Crippen molar-refractivity contribution in [3.8, 4) is 0 Å². The molecule has 0 saturated heterocycles. The largest absolute Gasteiger partial charge is 0.303 e. The van der Waals surface area contributed by atoms with Crippen molar-refractivity contribution in [2.75, 3.05) is 0 Å². The smallest absolute Gasteiger partial charge is 0.123 e. The molecule has 1 unspecified atom stereocenters. The van der Waals surface area contributed by atoms with Gasteiger partial charge in [0.2, 0.25) is 0 Å². The maximum Gasteiger partial charge on any atom is 0.123 e. The minimum Gasteiger partial charge on any atom is -0.303 e. The zero-order valence-corrected chi connectivity index (χ0v) is 11.3. The van der Waals surface area contributed by atoms with Gasteiger partial charge in [-0.1, -0.05) is 34.1 Å². The number of rotatable bonds is 1. The highest BCUT2D eigenvalue weighted by Gasteiger charge is 2.53. The molecule has 0 aromatic rings. The fraction of sp³-hybridized carbons (Fsp3) is 0.933. The van der Waals surface area contributed by atoms with Crippen molar-refractivity contribution in [2.45, 2.75) is 59.8 Å². The van der Waals surface area contributed by atoms with E-state index < -0.39 is 0 Å². The number of hydrogen-bond acceptors (Lipinski definition) is 1. The predicted octanol–water partition coefficient (Wildman–Crippen LogP) is 4.06. The van der Waals surface area contributed by atoms with Gasteiger partial charge >= 0.3 is 0 Å². The molecule has 2 saturated carbocycles. The lowest BCUT2D eigenvalue weighted by Crippen LogP contribution is -2.51. The van der Waals surface area contributed by atoms with Gasteiger partial charge in [0.25, 0.3) is 0 Å². The van der Waals surface area contributed by atoms with E-state index in [-0.39, 0.29) is 5.41 Å². The second-order valence-corrected chi connectivity index (χ2v) is 7.12. The van der Waals surface area contributed by atoms with Crippen molar-refractivity contribution in [3.05, 3.63) is 0 Å². The van der Waals surface area contributed by atoms with Gasteiger partial charge in [-0.05, 0) is 48.3 Å². The lowest BCUT2D eigenvalue weighted by molar-refractivity contribution is -0.133. The second kappa shape index (κ2) is 3.85. The molecule has 0 spiro atoms. The van der Waals surface area contributed by atoms with Crippen LogP contribution in [0.15, 0.2) is 0 Å². The summed E-state index contributed by atoms with van der Waals surface area (Å²) in [6.07, 6.45) is 7.74. The first-order valence-corrected chi connectivity index (χ1v) is 6.87. The highest BCUT2D eigenvalue weighted by Crippen LogP contribution is 2.60. The van der Waals surface area contributed by atoms with Crippen molar-refractivity contribution in [3.63, 3.8) is 0 Å². The van der Waals surface area contributed by atoms with Crippen molar-refractivity contribution >= 4 is 6.29 Å². The monoisotopic (exact) mass is 222 g/mol. The molecular weight excluding hydrogens is 196 g/mol. The van der Waals surface area contributed by atoms with Crippen LogP contribution < -0.4 is 0 Å². The molecule has 2 rings (SSSR count). The van der Waals surface area contributed by atoms with E-state index in [1.54, 1.807) is 0 Å². The zero-order chi connectivity index (χ0) is 12.0. The van der Waals surface area contributed by atoms with Gasteiger partial charge in [-0.2, -0.15) is 0 Å². The van der Waals surface area contributed by atoms with Crippen LogP contribution in [0.2, 0.25) is 0 Å². The molecule has 92 valence electrons. The van der Waals surface area contributed by atoms with Crippen LogP contribution in [0.25, 0.3) is 0 Å². The minimum absolute atomic E-state index is 0.279. The molecule has 0 N–H and O–H groups in total. The second-order valence-electron chi connectivity index (χ2n) is 7.12. The first-order valence-electron chi connectivity index (χ1n) is 6.87. The molecule has 0 aromatic heterocycles. The van der Waals surface area contributed by atoms with Gasteiger partial charge in [0, 0.05) is 5.92 Å². The SMILES string of the molecule is C[C@@H]1CCC2C(C)(C)CCC[C@]2(C)[C@H]1C=O. The summed E-state index contributed by atoms with van der Waals surface area (Å²) < 4.78 is 0. The molecule has 0 aromatic carbocycles. The Labute approximate surface area is 100.0 Å². The van der Waals surface area contributed by atoms with E-state index in [2.05, 4.69) is 27.7 Å². The Morgan fingerprint density at radius 3 is 2.44 bits per heavy atom. The summed E-state index contributed by atoms with van der Waals surface area (Å²) in [4.78, 5) is 11.4. The molecule has 2 aliphatic rings. The maximum absolute atomic E-state index is 11.4. The van der Waals surface area contributed by atoms with E-state index in [9.17, 15) is 4.79 Å². The number of fused-ring (bicyclic) bond motifs is 1. The minimum atomic E-state index is 0.279. The molecule has 0 aliphatic heterocycles. The summed E-state index contributed by atoms with van der Waals surface area (Å²) >= 11 is 0. The topological polar surface area (TPSA) is 17.1 Å². The van der Waals surface area contributed by atoms with E-state index in [0.29, 0.717) is 17.3 Å². The van der Waals surface area contributed by atoms with Crippen LogP contribution >= 0.6 is 0 Å². The highest BCUT2D eigenvalue weighted by molar-refractivity contribution is 5.56. The van der Waals surface area contributed by atoms with E-state index in [0.717, 1.165) is 5.92 Å². The van der Waals surface area contributed by atoms with Gasteiger partial charge < -0.3 is 4.79 Å². The van der Waals surface area contributed by atoms with E-state index in [4.69, 9.17) is 0 Å². The molecular formula is C15H26O. The van der Waals surface area contributed by atoms with Crippen molar-refractivity contribution in [1.82, 2.24) is 0 Å². The van der Waals surface area contributed by atoms with Crippen molar-refractivity contribution in [2.24, 2.45) is 28.6 Å². The summed E-state index contributed by atoms with van der Waals surface area (Å²) in [5.74, 6) is 1.64. The number of carbonyl (C=O) groups is 1. The quantitative estimate of drug-likeness (QED) is 0.611. The predicted molar refractivity (Wildman–Crippen MR) is 67.2 cm³/mol. The van der Waals surface area contributed by atoms with E-state index in [1.807, 2.05) is 0 Å². The molecule has 1 nitrogen and oxygen atoms in total. The van der Waals surface area contributed by atoms with Crippen molar-refractivity contribution in [1.29, 1.82) is 0 Å². The van der Waals surface area contributed by atoms with Gasteiger partial charge in [-0.3, -0.25) is 0 Å². The average Bonchev–Trinajstić information content (AvgIpc) is 2.15. The van der Waals surface area contributed by atoms with Crippen LogP contribution in [0.5, 0.6) is 0 Å². The third kappa shape index (κ3) is 1.63. The highest BCUT2D eigenvalue weighted by atomic mass is 16.1. The van der Waals surface area contributed by atoms with Gasteiger partial charge in [0.15, 0.2) is 0 Å². The molecule has 1 heteroatoms. The Balaban J connectivity index is 2.34. The fourth-order valence-corrected chi connectivity index (χ4v) is 4.83. The Hall–Kier alpha value is -0.330. The Morgan fingerprint density at radius 2 is 1.81 bits per heavy atom. The van der Waals surface area contributed by atoms with E-state index in [1.165, 1.54) is 38.4 Å². The Bertz CT molecular complexity index is 281. The molecule has 2 aliphatic carbocycles. The van der Waals surface area contributed by atoms with Crippen LogP contribution in [-0.4, -0.2) is 6.29 Å². The molecule has 4 atom stereocenters. The molecule has 0 radical (unpaired) electrons. The molecule has 0 heterocycles.